The highest BCUT2D eigenvalue weighted by Gasteiger charge is 2.15. The Kier molecular flexibility index (Phi) is 3.67. The molecule has 0 atom stereocenters. The molecule has 1 saturated carbocycles. The van der Waals surface area contributed by atoms with Crippen LogP contribution in [0.15, 0.2) is 18.2 Å². The van der Waals surface area contributed by atoms with Crippen LogP contribution >= 0.6 is 0 Å². The molecule has 0 radical (unpaired) electrons. The first-order valence-electron chi connectivity index (χ1n) is 6.16. The van der Waals surface area contributed by atoms with Crippen LogP contribution in [0, 0.1) is 6.92 Å². The normalized spacial score (nSPS) is 15.9. The molecule has 0 spiro atoms. The summed E-state index contributed by atoms with van der Waals surface area (Å²) in [7, 11) is 1.41. The molecule has 1 aromatic carbocycles. The van der Waals surface area contributed by atoms with Gasteiger partial charge in [-0.05, 0) is 43.5 Å². The lowest BCUT2D eigenvalue weighted by Crippen LogP contribution is -2.15. The molecule has 1 aromatic rings. The highest BCUT2D eigenvalue weighted by molar-refractivity contribution is 5.90. The summed E-state index contributed by atoms with van der Waals surface area (Å²) in [5.41, 5.74) is 2.84. The van der Waals surface area contributed by atoms with Crippen LogP contribution in [0.25, 0.3) is 0 Å². The summed E-state index contributed by atoms with van der Waals surface area (Å²) in [6.45, 7) is 2.02. The lowest BCUT2D eigenvalue weighted by Gasteiger charge is -2.16. The number of hydrogen-bond donors (Lipinski definition) is 1. The number of hydrogen-bond acceptors (Lipinski definition) is 3. The fourth-order valence-electron chi connectivity index (χ4n) is 2.36. The fraction of sp³-hybridized carbons (Fsp3) is 0.500. The van der Waals surface area contributed by atoms with Crippen molar-refractivity contribution < 1.29 is 9.53 Å². The minimum atomic E-state index is -0.277. The quantitative estimate of drug-likeness (QED) is 0.815. The molecule has 1 N–H and O–H groups in total. The van der Waals surface area contributed by atoms with Gasteiger partial charge in [0.05, 0.1) is 12.7 Å². The van der Waals surface area contributed by atoms with Crippen molar-refractivity contribution in [3.8, 4) is 0 Å². The van der Waals surface area contributed by atoms with Gasteiger partial charge in [-0.3, -0.25) is 0 Å². The first-order valence-corrected chi connectivity index (χ1v) is 6.16. The first-order chi connectivity index (χ1) is 8.20. The molecule has 0 heterocycles. The number of ether oxygens (including phenoxy) is 1. The molecule has 0 aliphatic heterocycles. The van der Waals surface area contributed by atoms with Crippen molar-refractivity contribution in [3.63, 3.8) is 0 Å². The second-order valence-electron chi connectivity index (χ2n) is 4.65. The van der Waals surface area contributed by atoms with Gasteiger partial charge in [-0.1, -0.05) is 12.8 Å². The third-order valence-corrected chi connectivity index (χ3v) is 3.36. The van der Waals surface area contributed by atoms with Crippen molar-refractivity contribution in [1.82, 2.24) is 0 Å². The van der Waals surface area contributed by atoms with Crippen LogP contribution in [-0.2, 0) is 4.74 Å². The number of nitrogens with one attached hydrogen (secondary N) is 1. The Balaban J connectivity index is 2.10. The maximum absolute atomic E-state index is 11.4. The van der Waals surface area contributed by atoms with Gasteiger partial charge in [0.25, 0.3) is 0 Å². The molecular formula is C14H19NO2. The van der Waals surface area contributed by atoms with Gasteiger partial charge >= 0.3 is 5.97 Å². The molecule has 0 amide bonds. The summed E-state index contributed by atoms with van der Waals surface area (Å²) in [6, 6.07) is 6.26. The van der Waals surface area contributed by atoms with E-state index in [1.165, 1.54) is 32.8 Å². The predicted molar refractivity (Wildman–Crippen MR) is 68.4 cm³/mol. The molecule has 92 valence electrons. The van der Waals surface area contributed by atoms with E-state index >= 15 is 0 Å². The fourth-order valence-corrected chi connectivity index (χ4v) is 2.36. The number of carbonyl (C=O) groups is 1. The Hall–Kier alpha value is -1.51. The van der Waals surface area contributed by atoms with E-state index in [9.17, 15) is 4.79 Å². The Labute approximate surface area is 102 Å². The maximum atomic E-state index is 11.4. The van der Waals surface area contributed by atoms with Gasteiger partial charge in [0, 0.05) is 11.7 Å². The van der Waals surface area contributed by atoms with Gasteiger partial charge in [-0.25, -0.2) is 4.79 Å². The monoisotopic (exact) mass is 233 g/mol. The number of rotatable bonds is 3. The standard InChI is InChI=1S/C14H19NO2/c1-10-9-11(14(16)17-2)7-8-13(10)15-12-5-3-4-6-12/h7-9,12,15H,3-6H2,1-2H3. The summed E-state index contributed by atoms with van der Waals surface area (Å²) < 4.78 is 4.71. The summed E-state index contributed by atoms with van der Waals surface area (Å²) in [5, 5.41) is 3.54. The molecule has 0 saturated heterocycles. The number of methoxy groups -OCH3 is 1. The van der Waals surface area contributed by atoms with Crippen molar-refractivity contribution in [2.24, 2.45) is 0 Å². The van der Waals surface area contributed by atoms with Crippen molar-refractivity contribution in [2.75, 3.05) is 12.4 Å². The van der Waals surface area contributed by atoms with E-state index in [4.69, 9.17) is 4.74 Å². The second-order valence-corrected chi connectivity index (χ2v) is 4.65. The summed E-state index contributed by atoms with van der Waals surface area (Å²) >= 11 is 0. The van der Waals surface area contributed by atoms with Crippen molar-refractivity contribution in [3.05, 3.63) is 29.3 Å². The van der Waals surface area contributed by atoms with E-state index in [-0.39, 0.29) is 5.97 Å². The lowest BCUT2D eigenvalue weighted by atomic mass is 10.1. The molecule has 2 rings (SSSR count). The topological polar surface area (TPSA) is 38.3 Å². The molecule has 3 nitrogen and oxygen atoms in total. The van der Waals surface area contributed by atoms with Gasteiger partial charge in [0.2, 0.25) is 0 Å². The zero-order valence-electron chi connectivity index (χ0n) is 10.5. The third-order valence-electron chi connectivity index (χ3n) is 3.36. The maximum Gasteiger partial charge on any atom is 0.337 e. The highest BCUT2D eigenvalue weighted by Crippen LogP contribution is 2.24. The SMILES string of the molecule is COC(=O)c1ccc(NC2CCCC2)c(C)c1. The largest absolute Gasteiger partial charge is 0.465 e. The molecule has 1 aliphatic rings. The number of carbonyl (C=O) groups excluding carboxylic acids is 1. The minimum Gasteiger partial charge on any atom is -0.465 e. The van der Waals surface area contributed by atoms with Gasteiger partial charge < -0.3 is 10.1 Å². The predicted octanol–water partition coefficient (Wildman–Crippen LogP) is 3.14. The molecule has 0 bridgehead atoms. The van der Waals surface area contributed by atoms with Crippen molar-refractivity contribution in [1.29, 1.82) is 0 Å². The van der Waals surface area contributed by atoms with Gasteiger partial charge in [0.15, 0.2) is 0 Å². The van der Waals surface area contributed by atoms with Gasteiger partial charge in [-0.15, -0.1) is 0 Å². The Morgan fingerprint density at radius 2 is 2.06 bits per heavy atom. The van der Waals surface area contributed by atoms with Crippen LogP contribution in [-0.4, -0.2) is 19.1 Å². The highest BCUT2D eigenvalue weighted by atomic mass is 16.5. The van der Waals surface area contributed by atoms with Crippen LogP contribution in [0.4, 0.5) is 5.69 Å². The van der Waals surface area contributed by atoms with Crippen LogP contribution in [0.2, 0.25) is 0 Å². The van der Waals surface area contributed by atoms with E-state index in [0.717, 1.165) is 11.3 Å². The molecular weight excluding hydrogens is 214 g/mol. The molecule has 0 aromatic heterocycles. The van der Waals surface area contributed by atoms with Crippen LogP contribution in [0.1, 0.15) is 41.6 Å². The average molecular weight is 233 g/mol. The van der Waals surface area contributed by atoms with E-state index in [2.05, 4.69) is 5.32 Å². The van der Waals surface area contributed by atoms with Gasteiger partial charge in [-0.2, -0.15) is 0 Å². The Morgan fingerprint density at radius 1 is 1.35 bits per heavy atom. The van der Waals surface area contributed by atoms with E-state index in [0.29, 0.717) is 11.6 Å². The Bertz CT molecular complexity index is 409. The van der Waals surface area contributed by atoms with E-state index in [1.54, 1.807) is 0 Å². The molecule has 17 heavy (non-hydrogen) atoms. The number of aryl methyl sites for hydroxylation is 1. The summed E-state index contributed by atoms with van der Waals surface area (Å²) in [6.07, 6.45) is 5.13. The van der Waals surface area contributed by atoms with Crippen molar-refractivity contribution >= 4 is 11.7 Å². The van der Waals surface area contributed by atoms with Crippen LogP contribution in [0.5, 0.6) is 0 Å². The first kappa shape index (κ1) is 12.0. The number of benzene rings is 1. The zero-order chi connectivity index (χ0) is 12.3. The zero-order valence-corrected chi connectivity index (χ0v) is 10.5. The molecule has 3 heteroatoms. The van der Waals surface area contributed by atoms with Crippen molar-refractivity contribution in [2.45, 2.75) is 38.6 Å². The minimum absolute atomic E-state index is 0.277. The summed E-state index contributed by atoms with van der Waals surface area (Å²) in [4.78, 5) is 11.4. The molecule has 0 unspecified atom stereocenters. The lowest BCUT2D eigenvalue weighted by molar-refractivity contribution is 0.0600. The Morgan fingerprint density at radius 3 is 2.65 bits per heavy atom. The number of anilines is 1. The van der Waals surface area contributed by atoms with Crippen LogP contribution in [0.3, 0.4) is 0 Å². The van der Waals surface area contributed by atoms with E-state index in [1.807, 2.05) is 25.1 Å². The molecule has 1 fully saturated rings. The average Bonchev–Trinajstić information content (AvgIpc) is 2.83. The molecule has 1 aliphatic carbocycles. The van der Waals surface area contributed by atoms with E-state index < -0.39 is 0 Å². The second kappa shape index (κ2) is 5.21. The third kappa shape index (κ3) is 2.78. The summed E-state index contributed by atoms with van der Waals surface area (Å²) in [5.74, 6) is -0.277. The van der Waals surface area contributed by atoms with Crippen LogP contribution < -0.4 is 5.32 Å². The smallest absolute Gasteiger partial charge is 0.337 e. The number of esters is 1. The van der Waals surface area contributed by atoms with Gasteiger partial charge in [0.1, 0.15) is 0 Å².